The van der Waals surface area contributed by atoms with Crippen LogP contribution in [0, 0.1) is 6.92 Å². The molecule has 3 nitrogen and oxygen atoms in total. The van der Waals surface area contributed by atoms with Crippen LogP contribution in [0.4, 0.5) is 5.69 Å². The maximum Gasteiger partial charge on any atom is 0.0874 e. The maximum atomic E-state index is 5.77. The number of morpholine rings is 1. The van der Waals surface area contributed by atoms with E-state index in [0.29, 0.717) is 6.10 Å². The van der Waals surface area contributed by atoms with Crippen LogP contribution in [0.15, 0.2) is 22.7 Å². The minimum atomic E-state index is 0.294. The van der Waals surface area contributed by atoms with E-state index in [1.807, 2.05) is 0 Å². The predicted molar refractivity (Wildman–Crippen MR) is 79.2 cm³/mol. The van der Waals surface area contributed by atoms with Crippen LogP contribution < -0.4 is 5.32 Å². The molecule has 1 aromatic carbocycles. The van der Waals surface area contributed by atoms with E-state index in [1.165, 1.54) is 5.56 Å². The number of benzene rings is 1. The van der Waals surface area contributed by atoms with E-state index in [0.717, 1.165) is 42.9 Å². The summed E-state index contributed by atoms with van der Waals surface area (Å²) >= 11 is 3.52. The van der Waals surface area contributed by atoms with Crippen LogP contribution in [-0.4, -0.2) is 43.8 Å². The fraction of sp³-hybridized carbons (Fsp3) is 0.571. The zero-order chi connectivity index (χ0) is 13.0. The molecule has 1 aliphatic heterocycles. The number of hydrogen-bond acceptors (Lipinski definition) is 3. The molecule has 1 aromatic rings. The van der Waals surface area contributed by atoms with E-state index >= 15 is 0 Å². The lowest BCUT2D eigenvalue weighted by atomic mass is 10.2. The number of likely N-dealkylation sites (N-methyl/N-ethyl adjacent to an activating group) is 1. The minimum Gasteiger partial charge on any atom is -0.382 e. The van der Waals surface area contributed by atoms with Crippen LogP contribution in [0.1, 0.15) is 12.5 Å². The van der Waals surface area contributed by atoms with Gasteiger partial charge in [0.1, 0.15) is 0 Å². The summed E-state index contributed by atoms with van der Waals surface area (Å²) in [4.78, 5) is 2.43. The first-order valence-corrected chi connectivity index (χ1v) is 7.32. The summed E-state index contributed by atoms with van der Waals surface area (Å²) in [6.45, 7) is 9.22. The summed E-state index contributed by atoms with van der Waals surface area (Å²) in [6, 6.07) is 6.33. The van der Waals surface area contributed by atoms with Crippen molar-refractivity contribution in [3.8, 4) is 0 Å². The molecule has 4 heteroatoms. The normalized spacial score (nSPS) is 20.9. The van der Waals surface area contributed by atoms with Crippen LogP contribution in [0.3, 0.4) is 0 Å². The summed E-state index contributed by atoms with van der Waals surface area (Å²) < 4.78 is 6.92. The lowest BCUT2D eigenvalue weighted by molar-refractivity contribution is -0.0191. The number of ether oxygens (including phenoxy) is 1. The van der Waals surface area contributed by atoms with Gasteiger partial charge >= 0.3 is 0 Å². The van der Waals surface area contributed by atoms with E-state index in [1.54, 1.807) is 0 Å². The number of hydrogen-bond donors (Lipinski definition) is 1. The van der Waals surface area contributed by atoms with Crippen molar-refractivity contribution in [2.45, 2.75) is 20.0 Å². The standard InChI is InChI=1S/C14H21BrN2O/c1-3-17-6-7-18-13(10-17)9-16-12-4-5-14(15)11(2)8-12/h4-5,8,13,16H,3,6-7,9-10H2,1-2H3. The van der Waals surface area contributed by atoms with Gasteiger partial charge in [0.25, 0.3) is 0 Å². The van der Waals surface area contributed by atoms with Gasteiger partial charge < -0.3 is 10.1 Å². The molecule has 1 aliphatic rings. The highest BCUT2D eigenvalue weighted by atomic mass is 79.9. The van der Waals surface area contributed by atoms with Gasteiger partial charge in [-0.25, -0.2) is 0 Å². The Labute approximate surface area is 118 Å². The van der Waals surface area contributed by atoms with Crippen molar-refractivity contribution in [1.29, 1.82) is 0 Å². The molecule has 0 aliphatic carbocycles. The molecule has 1 atom stereocenters. The highest BCUT2D eigenvalue weighted by Gasteiger charge is 2.18. The molecule has 0 bridgehead atoms. The van der Waals surface area contributed by atoms with Crippen LogP contribution in [0.2, 0.25) is 0 Å². The van der Waals surface area contributed by atoms with Gasteiger partial charge in [-0.3, -0.25) is 4.90 Å². The van der Waals surface area contributed by atoms with Crippen LogP contribution in [0.5, 0.6) is 0 Å². The Hall–Kier alpha value is -0.580. The molecule has 1 heterocycles. The molecule has 100 valence electrons. The second kappa shape index (κ2) is 6.55. The van der Waals surface area contributed by atoms with Crippen molar-refractivity contribution in [2.75, 3.05) is 38.1 Å². The van der Waals surface area contributed by atoms with Crippen LogP contribution >= 0.6 is 15.9 Å². The van der Waals surface area contributed by atoms with Crippen molar-refractivity contribution >= 4 is 21.6 Å². The Balaban J connectivity index is 1.85. The average Bonchev–Trinajstić information content (AvgIpc) is 2.40. The summed E-state index contributed by atoms with van der Waals surface area (Å²) in [5, 5.41) is 3.45. The zero-order valence-electron chi connectivity index (χ0n) is 11.1. The molecule has 0 amide bonds. The average molecular weight is 313 g/mol. The first-order valence-electron chi connectivity index (χ1n) is 6.53. The molecular weight excluding hydrogens is 292 g/mol. The highest BCUT2D eigenvalue weighted by molar-refractivity contribution is 9.10. The molecule has 1 N–H and O–H groups in total. The number of nitrogens with one attached hydrogen (secondary N) is 1. The molecule has 18 heavy (non-hydrogen) atoms. The predicted octanol–water partition coefficient (Wildman–Crippen LogP) is 2.89. The molecule has 0 radical (unpaired) electrons. The Morgan fingerprint density at radius 2 is 2.33 bits per heavy atom. The van der Waals surface area contributed by atoms with Crippen molar-refractivity contribution in [3.63, 3.8) is 0 Å². The number of halogens is 1. The van der Waals surface area contributed by atoms with Gasteiger partial charge in [-0.05, 0) is 37.2 Å². The van der Waals surface area contributed by atoms with Gasteiger partial charge in [-0.15, -0.1) is 0 Å². The number of aryl methyl sites for hydroxylation is 1. The monoisotopic (exact) mass is 312 g/mol. The van der Waals surface area contributed by atoms with Gasteiger partial charge in [0.05, 0.1) is 12.7 Å². The van der Waals surface area contributed by atoms with E-state index in [-0.39, 0.29) is 0 Å². The Morgan fingerprint density at radius 1 is 1.50 bits per heavy atom. The fourth-order valence-electron chi connectivity index (χ4n) is 2.18. The maximum absolute atomic E-state index is 5.77. The summed E-state index contributed by atoms with van der Waals surface area (Å²) in [6.07, 6.45) is 0.294. The third-order valence-electron chi connectivity index (χ3n) is 3.36. The summed E-state index contributed by atoms with van der Waals surface area (Å²) in [5.74, 6) is 0. The van der Waals surface area contributed by atoms with E-state index in [4.69, 9.17) is 4.74 Å². The van der Waals surface area contributed by atoms with Gasteiger partial charge in [0, 0.05) is 29.8 Å². The van der Waals surface area contributed by atoms with Gasteiger partial charge in [-0.2, -0.15) is 0 Å². The highest BCUT2D eigenvalue weighted by Crippen LogP contribution is 2.20. The first-order chi connectivity index (χ1) is 8.69. The molecule has 0 saturated carbocycles. The third kappa shape index (κ3) is 3.70. The summed E-state index contributed by atoms with van der Waals surface area (Å²) in [7, 11) is 0. The largest absolute Gasteiger partial charge is 0.382 e. The quantitative estimate of drug-likeness (QED) is 0.925. The van der Waals surface area contributed by atoms with Gasteiger partial charge in [0.15, 0.2) is 0 Å². The smallest absolute Gasteiger partial charge is 0.0874 e. The van der Waals surface area contributed by atoms with Crippen molar-refractivity contribution in [1.82, 2.24) is 4.90 Å². The Kier molecular flexibility index (Phi) is 5.03. The van der Waals surface area contributed by atoms with Gasteiger partial charge in [0.2, 0.25) is 0 Å². The van der Waals surface area contributed by atoms with Crippen LogP contribution in [0.25, 0.3) is 0 Å². The number of nitrogens with zero attached hydrogens (tertiary/aromatic N) is 1. The molecule has 2 rings (SSSR count). The van der Waals surface area contributed by atoms with Crippen molar-refractivity contribution in [3.05, 3.63) is 28.2 Å². The first kappa shape index (κ1) is 13.8. The van der Waals surface area contributed by atoms with Crippen LogP contribution in [-0.2, 0) is 4.74 Å². The van der Waals surface area contributed by atoms with E-state index in [9.17, 15) is 0 Å². The molecule has 1 unspecified atom stereocenters. The Morgan fingerprint density at radius 3 is 3.06 bits per heavy atom. The molecule has 0 aromatic heterocycles. The molecule has 1 fully saturated rings. The minimum absolute atomic E-state index is 0.294. The lowest BCUT2D eigenvalue weighted by Crippen LogP contribution is -2.45. The fourth-order valence-corrected chi connectivity index (χ4v) is 2.42. The lowest BCUT2D eigenvalue weighted by Gasteiger charge is -2.32. The van der Waals surface area contributed by atoms with Crippen molar-refractivity contribution in [2.24, 2.45) is 0 Å². The zero-order valence-corrected chi connectivity index (χ0v) is 12.7. The van der Waals surface area contributed by atoms with E-state index in [2.05, 4.69) is 58.2 Å². The number of rotatable bonds is 4. The SMILES string of the molecule is CCN1CCOC(CNc2ccc(Br)c(C)c2)C1. The van der Waals surface area contributed by atoms with Crippen molar-refractivity contribution < 1.29 is 4.74 Å². The molecule has 1 saturated heterocycles. The van der Waals surface area contributed by atoms with Gasteiger partial charge in [-0.1, -0.05) is 22.9 Å². The Bertz CT molecular complexity index is 397. The summed E-state index contributed by atoms with van der Waals surface area (Å²) in [5.41, 5.74) is 2.41. The molecular formula is C14H21BrN2O. The topological polar surface area (TPSA) is 24.5 Å². The second-order valence-corrected chi connectivity index (χ2v) is 5.59. The second-order valence-electron chi connectivity index (χ2n) is 4.73. The third-order valence-corrected chi connectivity index (χ3v) is 4.25. The molecule has 0 spiro atoms. The number of anilines is 1. The van der Waals surface area contributed by atoms with E-state index < -0.39 is 0 Å².